The fraction of sp³-hybridized carbons (Fsp3) is 0.263. The molecule has 0 radical (unpaired) electrons. The SMILES string of the molecule is CC(=O)N1CCCc2cc(NC(=O)COc3ccccc3F)ccc21. The van der Waals surface area contributed by atoms with Gasteiger partial charge in [-0.15, -0.1) is 0 Å². The molecule has 3 rings (SSSR count). The highest BCUT2D eigenvalue weighted by atomic mass is 19.1. The van der Waals surface area contributed by atoms with E-state index in [1.165, 1.54) is 12.1 Å². The Balaban J connectivity index is 1.64. The van der Waals surface area contributed by atoms with Crippen LogP contribution in [0.1, 0.15) is 18.9 Å². The van der Waals surface area contributed by atoms with Gasteiger partial charge in [0.2, 0.25) is 5.91 Å². The van der Waals surface area contributed by atoms with Crippen LogP contribution in [0.2, 0.25) is 0 Å². The number of anilines is 2. The molecule has 0 aromatic heterocycles. The molecule has 25 heavy (non-hydrogen) atoms. The lowest BCUT2D eigenvalue weighted by Gasteiger charge is -2.29. The summed E-state index contributed by atoms with van der Waals surface area (Å²) in [5.41, 5.74) is 2.54. The van der Waals surface area contributed by atoms with Gasteiger partial charge in [-0.05, 0) is 48.7 Å². The average Bonchev–Trinajstić information content (AvgIpc) is 2.60. The molecule has 0 saturated heterocycles. The number of nitrogens with one attached hydrogen (secondary N) is 1. The molecule has 130 valence electrons. The first-order valence-electron chi connectivity index (χ1n) is 8.13. The normalized spacial score (nSPS) is 13.1. The van der Waals surface area contributed by atoms with Crippen molar-refractivity contribution in [1.82, 2.24) is 0 Å². The van der Waals surface area contributed by atoms with Crippen molar-refractivity contribution in [3.05, 3.63) is 53.8 Å². The molecule has 5 nitrogen and oxygen atoms in total. The number of rotatable bonds is 4. The maximum Gasteiger partial charge on any atom is 0.262 e. The highest BCUT2D eigenvalue weighted by Crippen LogP contribution is 2.29. The fourth-order valence-electron chi connectivity index (χ4n) is 2.90. The third-order valence-electron chi connectivity index (χ3n) is 4.06. The van der Waals surface area contributed by atoms with Crippen molar-refractivity contribution >= 4 is 23.2 Å². The molecule has 0 saturated carbocycles. The number of halogens is 1. The van der Waals surface area contributed by atoms with E-state index >= 15 is 0 Å². The summed E-state index contributed by atoms with van der Waals surface area (Å²) in [6, 6.07) is 11.4. The Morgan fingerprint density at radius 1 is 1.24 bits per heavy atom. The Bertz CT molecular complexity index is 807. The first-order valence-corrected chi connectivity index (χ1v) is 8.13. The lowest BCUT2D eigenvalue weighted by atomic mass is 10.0. The maximum atomic E-state index is 13.5. The van der Waals surface area contributed by atoms with Gasteiger partial charge in [0.25, 0.3) is 5.91 Å². The minimum absolute atomic E-state index is 0.0102. The van der Waals surface area contributed by atoms with Crippen molar-refractivity contribution < 1.29 is 18.7 Å². The average molecular weight is 342 g/mol. The van der Waals surface area contributed by atoms with Crippen LogP contribution in [-0.4, -0.2) is 25.0 Å². The van der Waals surface area contributed by atoms with Crippen LogP contribution in [0, 0.1) is 5.82 Å². The number of carbonyl (C=O) groups is 2. The molecule has 1 heterocycles. The van der Waals surface area contributed by atoms with Gasteiger partial charge >= 0.3 is 0 Å². The summed E-state index contributed by atoms with van der Waals surface area (Å²) in [6.45, 7) is 1.98. The predicted octanol–water partition coefficient (Wildman–Crippen LogP) is 3.14. The first kappa shape index (κ1) is 17.0. The van der Waals surface area contributed by atoms with Gasteiger partial charge in [0, 0.05) is 24.8 Å². The standard InChI is InChI=1S/C19H19FN2O3/c1-13(23)22-10-4-5-14-11-15(8-9-17(14)22)21-19(24)12-25-18-7-3-2-6-16(18)20/h2-3,6-9,11H,4-5,10,12H2,1H3,(H,21,24). The topological polar surface area (TPSA) is 58.6 Å². The zero-order chi connectivity index (χ0) is 17.8. The van der Waals surface area contributed by atoms with Crippen LogP contribution in [0.3, 0.4) is 0 Å². The van der Waals surface area contributed by atoms with Gasteiger partial charge in [0.05, 0.1) is 0 Å². The van der Waals surface area contributed by atoms with E-state index in [4.69, 9.17) is 4.74 Å². The molecule has 0 bridgehead atoms. The second-order valence-electron chi connectivity index (χ2n) is 5.88. The third-order valence-corrected chi connectivity index (χ3v) is 4.06. The van der Waals surface area contributed by atoms with Crippen LogP contribution in [0.5, 0.6) is 5.75 Å². The Labute approximate surface area is 145 Å². The highest BCUT2D eigenvalue weighted by molar-refractivity contribution is 5.95. The van der Waals surface area contributed by atoms with E-state index < -0.39 is 5.82 Å². The molecule has 2 amide bonds. The molecule has 2 aromatic rings. The molecule has 0 spiro atoms. The summed E-state index contributed by atoms with van der Waals surface area (Å²) in [5.74, 6) is -0.827. The number of amides is 2. The lowest BCUT2D eigenvalue weighted by Crippen LogP contribution is -2.33. The Morgan fingerprint density at radius 3 is 2.80 bits per heavy atom. The van der Waals surface area contributed by atoms with Crippen LogP contribution in [0.4, 0.5) is 15.8 Å². The molecule has 2 aromatic carbocycles. The van der Waals surface area contributed by atoms with Crippen LogP contribution in [0.15, 0.2) is 42.5 Å². The van der Waals surface area contributed by atoms with Crippen molar-refractivity contribution in [2.24, 2.45) is 0 Å². The molecule has 0 atom stereocenters. The molecule has 6 heteroatoms. The number of para-hydroxylation sites is 1. The monoisotopic (exact) mass is 342 g/mol. The molecule has 0 unspecified atom stereocenters. The van der Waals surface area contributed by atoms with Crippen LogP contribution < -0.4 is 15.0 Å². The van der Waals surface area contributed by atoms with E-state index in [0.29, 0.717) is 12.2 Å². The minimum atomic E-state index is -0.506. The summed E-state index contributed by atoms with van der Waals surface area (Å²) >= 11 is 0. The highest BCUT2D eigenvalue weighted by Gasteiger charge is 2.20. The number of carbonyl (C=O) groups excluding carboxylic acids is 2. The largest absolute Gasteiger partial charge is 0.481 e. The number of aryl methyl sites for hydroxylation is 1. The Morgan fingerprint density at radius 2 is 2.04 bits per heavy atom. The smallest absolute Gasteiger partial charge is 0.262 e. The van der Waals surface area contributed by atoms with Gasteiger partial charge < -0.3 is 15.0 Å². The molecule has 1 aliphatic heterocycles. The van der Waals surface area contributed by atoms with Crippen LogP contribution >= 0.6 is 0 Å². The zero-order valence-electron chi connectivity index (χ0n) is 13.9. The van der Waals surface area contributed by atoms with Gasteiger partial charge in [-0.25, -0.2) is 4.39 Å². The van der Waals surface area contributed by atoms with E-state index in [9.17, 15) is 14.0 Å². The van der Waals surface area contributed by atoms with Crippen molar-refractivity contribution in [1.29, 1.82) is 0 Å². The van der Waals surface area contributed by atoms with Gasteiger partial charge in [0.15, 0.2) is 18.2 Å². The van der Waals surface area contributed by atoms with Crippen LogP contribution in [-0.2, 0) is 16.0 Å². The van der Waals surface area contributed by atoms with E-state index in [2.05, 4.69) is 5.32 Å². The van der Waals surface area contributed by atoms with E-state index in [-0.39, 0.29) is 24.2 Å². The summed E-state index contributed by atoms with van der Waals surface area (Å²) in [4.78, 5) is 25.4. The predicted molar refractivity (Wildman–Crippen MR) is 93.3 cm³/mol. The number of ether oxygens (including phenoxy) is 1. The summed E-state index contributed by atoms with van der Waals surface area (Å²) in [6.07, 6.45) is 1.74. The maximum absolute atomic E-state index is 13.5. The van der Waals surface area contributed by atoms with Gasteiger partial charge in [-0.3, -0.25) is 9.59 Å². The van der Waals surface area contributed by atoms with Crippen molar-refractivity contribution in [3.63, 3.8) is 0 Å². The number of hydrogen-bond acceptors (Lipinski definition) is 3. The van der Waals surface area contributed by atoms with Crippen molar-refractivity contribution in [2.45, 2.75) is 19.8 Å². The number of fused-ring (bicyclic) bond motifs is 1. The second kappa shape index (κ2) is 7.34. The first-order chi connectivity index (χ1) is 12.0. The molecular formula is C19H19FN2O3. The number of nitrogens with zero attached hydrogens (tertiary/aromatic N) is 1. The lowest BCUT2D eigenvalue weighted by molar-refractivity contribution is -0.118. The molecule has 1 aliphatic rings. The zero-order valence-corrected chi connectivity index (χ0v) is 13.9. The Kier molecular flexibility index (Phi) is 4.97. The number of hydrogen-bond donors (Lipinski definition) is 1. The molecule has 0 aliphatic carbocycles. The quantitative estimate of drug-likeness (QED) is 0.929. The third kappa shape index (κ3) is 3.96. The van der Waals surface area contributed by atoms with Gasteiger partial charge in [-0.2, -0.15) is 0 Å². The van der Waals surface area contributed by atoms with E-state index in [1.54, 1.807) is 30.0 Å². The molecule has 1 N–H and O–H groups in total. The summed E-state index contributed by atoms with van der Waals surface area (Å²) in [5, 5.41) is 2.74. The summed E-state index contributed by atoms with van der Waals surface area (Å²) < 4.78 is 18.7. The Hall–Kier alpha value is -2.89. The van der Waals surface area contributed by atoms with Gasteiger partial charge in [-0.1, -0.05) is 12.1 Å². The van der Waals surface area contributed by atoms with Crippen molar-refractivity contribution in [3.8, 4) is 5.75 Å². The minimum Gasteiger partial charge on any atom is -0.481 e. The fourth-order valence-corrected chi connectivity index (χ4v) is 2.90. The molecule has 0 fully saturated rings. The second-order valence-corrected chi connectivity index (χ2v) is 5.88. The van der Waals surface area contributed by atoms with Crippen molar-refractivity contribution in [2.75, 3.05) is 23.4 Å². The van der Waals surface area contributed by atoms with E-state index in [0.717, 1.165) is 24.1 Å². The molecular weight excluding hydrogens is 323 g/mol. The van der Waals surface area contributed by atoms with Gasteiger partial charge in [0.1, 0.15) is 0 Å². The van der Waals surface area contributed by atoms with E-state index in [1.807, 2.05) is 12.1 Å². The van der Waals surface area contributed by atoms with Crippen LogP contribution in [0.25, 0.3) is 0 Å². The number of benzene rings is 2. The summed E-state index contributed by atoms with van der Waals surface area (Å²) in [7, 11) is 0.